The lowest BCUT2D eigenvalue weighted by atomic mass is 9.70. The SMILES string of the molecule is CN1CCN(C2CC3C=C(c4cnc5[nH]cc(-c6cnn(C)c6)c5c4)CC(C3)C2)CC1. The first-order valence-corrected chi connectivity index (χ1v) is 11.7. The minimum atomic E-state index is 0.715. The number of hydrogen-bond donors (Lipinski definition) is 1. The zero-order chi connectivity index (χ0) is 20.9. The Morgan fingerprint density at radius 3 is 2.65 bits per heavy atom. The molecule has 1 aliphatic heterocycles. The summed E-state index contributed by atoms with van der Waals surface area (Å²) in [6, 6.07) is 3.11. The summed E-state index contributed by atoms with van der Waals surface area (Å²) in [5.41, 5.74) is 6.08. The van der Waals surface area contributed by atoms with Crippen LogP contribution in [0, 0.1) is 11.8 Å². The van der Waals surface area contributed by atoms with Crippen molar-refractivity contribution in [3.05, 3.63) is 42.5 Å². The predicted octanol–water partition coefficient (Wildman–Crippen LogP) is 3.78. The number of aromatic amines is 1. The highest BCUT2D eigenvalue weighted by Crippen LogP contribution is 2.44. The quantitative estimate of drug-likeness (QED) is 0.706. The number of nitrogens with zero attached hydrogens (tertiary/aromatic N) is 5. The molecular weight excluding hydrogens is 384 g/mol. The fraction of sp³-hybridized carbons (Fsp3) is 0.520. The number of rotatable bonds is 3. The summed E-state index contributed by atoms with van der Waals surface area (Å²) in [7, 11) is 4.21. The average molecular weight is 417 g/mol. The standard InChI is InChI=1S/C25H32N6/c1-29-3-5-31(6-4-29)22-10-17-7-18(11-22)9-19(8-17)20-12-23-24(15-27-25(23)26-13-20)21-14-28-30(2)16-21/h8,12-18,22H,3-7,9-11H2,1-2H3,(H,26,27). The van der Waals surface area contributed by atoms with Gasteiger partial charge in [-0.05, 0) is 61.8 Å². The van der Waals surface area contributed by atoms with Crippen molar-refractivity contribution in [2.24, 2.45) is 18.9 Å². The summed E-state index contributed by atoms with van der Waals surface area (Å²) in [5.74, 6) is 1.52. The summed E-state index contributed by atoms with van der Waals surface area (Å²) < 4.78 is 1.85. The Kier molecular flexibility index (Phi) is 4.73. The Morgan fingerprint density at radius 2 is 1.87 bits per heavy atom. The molecule has 31 heavy (non-hydrogen) atoms. The van der Waals surface area contributed by atoms with Crippen LogP contribution in [-0.2, 0) is 7.05 Å². The molecule has 3 atom stereocenters. The van der Waals surface area contributed by atoms with Crippen molar-refractivity contribution in [1.29, 1.82) is 0 Å². The van der Waals surface area contributed by atoms with E-state index in [0.717, 1.165) is 23.2 Å². The van der Waals surface area contributed by atoms with Gasteiger partial charge in [-0.3, -0.25) is 9.58 Å². The Hall–Kier alpha value is -2.44. The molecule has 0 amide bonds. The van der Waals surface area contributed by atoms with Gasteiger partial charge in [-0.2, -0.15) is 5.10 Å². The van der Waals surface area contributed by atoms with Crippen LogP contribution in [0.1, 0.15) is 31.2 Å². The molecule has 2 fully saturated rings. The van der Waals surface area contributed by atoms with E-state index in [2.05, 4.69) is 57.7 Å². The van der Waals surface area contributed by atoms with Crippen molar-refractivity contribution in [1.82, 2.24) is 29.5 Å². The normalized spacial score (nSPS) is 27.5. The van der Waals surface area contributed by atoms with E-state index >= 15 is 0 Å². The van der Waals surface area contributed by atoms with Crippen molar-refractivity contribution >= 4 is 16.6 Å². The fourth-order valence-electron chi connectivity index (χ4n) is 6.09. The van der Waals surface area contributed by atoms with Gasteiger partial charge >= 0.3 is 0 Å². The number of aromatic nitrogens is 4. The van der Waals surface area contributed by atoms with E-state index in [9.17, 15) is 0 Å². The summed E-state index contributed by atoms with van der Waals surface area (Å²) in [5, 5.41) is 5.54. The van der Waals surface area contributed by atoms with Gasteiger partial charge < -0.3 is 9.88 Å². The van der Waals surface area contributed by atoms with Crippen LogP contribution < -0.4 is 0 Å². The number of nitrogens with one attached hydrogen (secondary N) is 1. The summed E-state index contributed by atoms with van der Waals surface area (Å²) in [6.07, 6.45) is 16.0. The van der Waals surface area contributed by atoms with E-state index in [1.807, 2.05) is 17.9 Å². The van der Waals surface area contributed by atoms with Gasteiger partial charge in [0.15, 0.2) is 0 Å². The van der Waals surface area contributed by atoms with Crippen molar-refractivity contribution in [2.75, 3.05) is 33.2 Å². The molecule has 1 saturated heterocycles. The van der Waals surface area contributed by atoms with Gasteiger partial charge in [0.1, 0.15) is 5.65 Å². The maximum atomic E-state index is 4.76. The number of piperazine rings is 1. The van der Waals surface area contributed by atoms with Crippen LogP contribution >= 0.6 is 0 Å². The number of aryl methyl sites for hydroxylation is 1. The van der Waals surface area contributed by atoms with E-state index < -0.39 is 0 Å². The molecule has 4 heterocycles. The Bertz CT molecular complexity index is 1120. The smallest absolute Gasteiger partial charge is 0.137 e. The molecule has 2 aliphatic carbocycles. The van der Waals surface area contributed by atoms with Gasteiger partial charge in [0.05, 0.1) is 6.20 Å². The third-order valence-corrected chi connectivity index (χ3v) is 7.73. The highest BCUT2D eigenvalue weighted by atomic mass is 15.3. The minimum Gasteiger partial charge on any atom is -0.346 e. The van der Waals surface area contributed by atoms with Crippen molar-refractivity contribution in [3.63, 3.8) is 0 Å². The summed E-state index contributed by atoms with van der Waals surface area (Å²) in [6.45, 7) is 4.91. The maximum absolute atomic E-state index is 4.76. The number of hydrogen-bond acceptors (Lipinski definition) is 4. The summed E-state index contributed by atoms with van der Waals surface area (Å²) >= 11 is 0. The second-order valence-electron chi connectivity index (χ2n) is 9.95. The fourth-order valence-corrected chi connectivity index (χ4v) is 6.09. The average Bonchev–Trinajstić information content (AvgIpc) is 3.39. The van der Waals surface area contributed by atoms with Crippen LogP contribution in [0.2, 0.25) is 0 Å². The van der Waals surface area contributed by atoms with Crippen LogP contribution in [0.4, 0.5) is 0 Å². The first-order chi connectivity index (χ1) is 15.1. The molecule has 0 radical (unpaired) electrons. The Labute approximate surface area is 183 Å². The first-order valence-electron chi connectivity index (χ1n) is 11.7. The molecular formula is C25H32N6. The van der Waals surface area contributed by atoms with Gasteiger partial charge in [0.25, 0.3) is 0 Å². The number of allylic oxidation sites excluding steroid dienone is 2. The third kappa shape index (κ3) is 3.62. The van der Waals surface area contributed by atoms with E-state index in [4.69, 9.17) is 4.98 Å². The number of H-pyrrole nitrogens is 1. The van der Waals surface area contributed by atoms with Crippen LogP contribution in [0.3, 0.4) is 0 Å². The lowest BCUT2D eigenvalue weighted by Crippen LogP contribution is -2.51. The largest absolute Gasteiger partial charge is 0.346 e. The lowest BCUT2D eigenvalue weighted by Gasteiger charge is -2.45. The zero-order valence-electron chi connectivity index (χ0n) is 18.6. The van der Waals surface area contributed by atoms with Crippen LogP contribution in [0.15, 0.2) is 36.9 Å². The molecule has 6 nitrogen and oxygen atoms in total. The first kappa shape index (κ1) is 19.3. The van der Waals surface area contributed by atoms with Gasteiger partial charge in [0, 0.05) is 74.4 Å². The molecule has 1 N–H and O–H groups in total. The monoisotopic (exact) mass is 416 g/mol. The summed E-state index contributed by atoms with van der Waals surface area (Å²) in [4.78, 5) is 13.3. The van der Waals surface area contributed by atoms with E-state index in [0.29, 0.717) is 5.92 Å². The predicted molar refractivity (Wildman–Crippen MR) is 125 cm³/mol. The molecule has 6 rings (SSSR count). The van der Waals surface area contributed by atoms with Crippen LogP contribution in [0.25, 0.3) is 27.7 Å². The minimum absolute atomic E-state index is 0.715. The van der Waals surface area contributed by atoms with Gasteiger partial charge in [-0.15, -0.1) is 0 Å². The van der Waals surface area contributed by atoms with Gasteiger partial charge in [0.2, 0.25) is 0 Å². The van der Waals surface area contributed by atoms with Crippen LogP contribution in [0.5, 0.6) is 0 Å². The molecule has 2 bridgehead atoms. The van der Waals surface area contributed by atoms with Crippen molar-refractivity contribution in [2.45, 2.75) is 31.7 Å². The molecule has 162 valence electrons. The molecule has 3 aromatic rings. The molecule has 3 unspecified atom stereocenters. The van der Waals surface area contributed by atoms with E-state index in [1.54, 1.807) is 0 Å². The topological polar surface area (TPSA) is 53.0 Å². The molecule has 3 aliphatic rings. The highest BCUT2D eigenvalue weighted by Gasteiger charge is 2.35. The van der Waals surface area contributed by atoms with Gasteiger partial charge in [-0.1, -0.05) is 6.08 Å². The molecule has 0 spiro atoms. The molecule has 1 saturated carbocycles. The van der Waals surface area contributed by atoms with Gasteiger partial charge in [-0.25, -0.2) is 4.98 Å². The third-order valence-electron chi connectivity index (χ3n) is 7.73. The molecule has 3 aromatic heterocycles. The van der Waals surface area contributed by atoms with Crippen LogP contribution in [-0.4, -0.2) is 68.8 Å². The molecule has 0 aromatic carbocycles. The van der Waals surface area contributed by atoms with Crippen molar-refractivity contribution in [3.8, 4) is 11.1 Å². The highest BCUT2D eigenvalue weighted by molar-refractivity contribution is 5.95. The lowest BCUT2D eigenvalue weighted by molar-refractivity contribution is 0.0652. The molecule has 6 heteroatoms. The van der Waals surface area contributed by atoms with E-state index in [1.165, 1.54) is 73.9 Å². The zero-order valence-corrected chi connectivity index (χ0v) is 18.6. The second-order valence-corrected chi connectivity index (χ2v) is 9.95. The van der Waals surface area contributed by atoms with E-state index in [-0.39, 0.29) is 0 Å². The Balaban J connectivity index is 1.26. The second kappa shape index (κ2) is 7.61. The number of fused-ring (bicyclic) bond motifs is 3. The Morgan fingerprint density at radius 1 is 1.00 bits per heavy atom. The maximum Gasteiger partial charge on any atom is 0.137 e. The van der Waals surface area contributed by atoms with Crippen molar-refractivity contribution < 1.29 is 0 Å². The number of likely N-dealkylation sites (N-methyl/N-ethyl adjacent to an activating group) is 1. The number of pyridine rings is 1.